The first-order valence-corrected chi connectivity index (χ1v) is 10.1. The van der Waals surface area contributed by atoms with Crippen molar-refractivity contribution < 1.29 is 23.1 Å². The number of halogens is 2. The molecule has 1 heterocycles. The van der Waals surface area contributed by atoms with E-state index in [1.54, 1.807) is 4.90 Å². The van der Waals surface area contributed by atoms with Gasteiger partial charge in [0.05, 0.1) is 12.6 Å². The van der Waals surface area contributed by atoms with Crippen LogP contribution in [0.15, 0.2) is 0 Å². The fourth-order valence-electron chi connectivity index (χ4n) is 4.08. The highest BCUT2D eigenvalue weighted by atomic mass is 19.3. The fraction of sp³-hybridized carbons (Fsp3) is 0.895. The van der Waals surface area contributed by atoms with Crippen LogP contribution in [-0.2, 0) is 9.53 Å². The van der Waals surface area contributed by atoms with Crippen molar-refractivity contribution in [2.24, 2.45) is 17.6 Å². The number of carbonyl (C=O) groups excluding carboxylic acids is 2. The summed E-state index contributed by atoms with van der Waals surface area (Å²) in [6.07, 6.45) is 2.44. The summed E-state index contributed by atoms with van der Waals surface area (Å²) in [6.45, 7) is 6.53. The van der Waals surface area contributed by atoms with E-state index in [0.717, 1.165) is 25.7 Å². The summed E-state index contributed by atoms with van der Waals surface area (Å²) in [4.78, 5) is 27.4. The Morgan fingerprint density at radius 1 is 1.22 bits per heavy atom. The molecule has 8 heteroatoms. The van der Waals surface area contributed by atoms with Gasteiger partial charge in [0.25, 0.3) is 5.92 Å². The second kappa shape index (κ2) is 9.17. The maximum Gasteiger partial charge on any atom is 0.410 e. The van der Waals surface area contributed by atoms with Crippen LogP contribution < -0.4 is 5.73 Å². The zero-order valence-corrected chi connectivity index (χ0v) is 16.6. The van der Waals surface area contributed by atoms with Gasteiger partial charge in [0.2, 0.25) is 5.91 Å². The molecule has 0 aromatic rings. The maximum atomic E-state index is 13.3. The highest BCUT2D eigenvalue weighted by Gasteiger charge is 2.43. The SMILES string of the molecule is CCN(CC)C(=O)OC1CCC([C@H](C)[C@H](N)C(=O)N2CCC(F)(F)C2)CC1. The van der Waals surface area contributed by atoms with Crippen molar-refractivity contribution in [3.8, 4) is 0 Å². The van der Waals surface area contributed by atoms with Gasteiger partial charge in [0.1, 0.15) is 6.10 Å². The lowest BCUT2D eigenvalue weighted by atomic mass is 9.76. The van der Waals surface area contributed by atoms with Gasteiger partial charge in [-0.25, -0.2) is 13.6 Å². The molecular formula is C19H33F2N3O3. The minimum Gasteiger partial charge on any atom is -0.446 e. The van der Waals surface area contributed by atoms with Gasteiger partial charge >= 0.3 is 6.09 Å². The summed E-state index contributed by atoms with van der Waals surface area (Å²) in [7, 11) is 0. The summed E-state index contributed by atoms with van der Waals surface area (Å²) in [5.74, 6) is -3.04. The minimum absolute atomic E-state index is 0.0697. The summed E-state index contributed by atoms with van der Waals surface area (Å²) in [5.41, 5.74) is 6.12. The van der Waals surface area contributed by atoms with E-state index in [2.05, 4.69) is 0 Å². The normalized spacial score (nSPS) is 27.1. The Balaban J connectivity index is 1.81. The average Bonchev–Trinajstić information content (AvgIpc) is 3.01. The molecule has 2 rings (SSSR count). The third-order valence-electron chi connectivity index (χ3n) is 6.08. The molecule has 156 valence electrons. The number of carbonyl (C=O) groups is 2. The number of nitrogens with two attached hydrogens (primary N) is 1. The number of nitrogens with zero attached hydrogens (tertiary/aromatic N) is 2. The molecule has 1 aliphatic carbocycles. The van der Waals surface area contributed by atoms with Crippen molar-refractivity contribution in [3.63, 3.8) is 0 Å². The van der Waals surface area contributed by atoms with Gasteiger partial charge < -0.3 is 20.3 Å². The predicted octanol–water partition coefficient (Wildman–Crippen LogP) is 2.85. The van der Waals surface area contributed by atoms with E-state index < -0.39 is 18.5 Å². The molecule has 0 spiro atoms. The molecule has 2 aliphatic rings. The number of hydrogen-bond acceptors (Lipinski definition) is 4. The zero-order chi connectivity index (χ0) is 20.2. The molecule has 2 N–H and O–H groups in total. The van der Waals surface area contributed by atoms with Crippen molar-refractivity contribution in [1.29, 1.82) is 0 Å². The topological polar surface area (TPSA) is 75.9 Å². The summed E-state index contributed by atoms with van der Waals surface area (Å²) < 4.78 is 32.3. The number of amides is 2. The molecule has 27 heavy (non-hydrogen) atoms. The van der Waals surface area contributed by atoms with Crippen LogP contribution in [0.1, 0.15) is 52.9 Å². The quantitative estimate of drug-likeness (QED) is 0.758. The van der Waals surface area contributed by atoms with Crippen LogP contribution >= 0.6 is 0 Å². The Morgan fingerprint density at radius 2 is 1.81 bits per heavy atom. The molecule has 0 radical (unpaired) electrons. The largest absolute Gasteiger partial charge is 0.446 e. The summed E-state index contributed by atoms with van der Waals surface area (Å²) in [5, 5.41) is 0. The average molecular weight is 389 g/mol. The highest BCUT2D eigenvalue weighted by molar-refractivity contribution is 5.82. The Morgan fingerprint density at radius 3 is 2.30 bits per heavy atom. The molecule has 1 aliphatic heterocycles. The van der Waals surface area contributed by atoms with Crippen LogP contribution in [0.3, 0.4) is 0 Å². The first-order chi connectivity index (χ1) is 12.7. The molecule has 1 saturated carbocycles. The molecule has 0 aromatic heterocycles. The van der Waals surface area contributed by atoms with Crippen LogP contribution in [0.25, 0.3) is 0 Å². The number of likely N-dealkylation sites (tertiary alicyclic amines) is 1. The van der Waals surface area contributed by atoms with E-state index >= 15 is 0 Å². The van der Waals surface area contributed by atoms with Gasteiger partial charge in [0, 0.05) is 26.1 Å². The van der Waals surface area contributed by atoms with Crippen LogP contribution in [-0.4, -0.2) is 66.0 Å². The molecule has 2 amide bonds. The number of alkyl halides is 2. The third kappa shape index (κ3) is 5.53. The fourth-order valence-corrected chi connectivity index (χ4v) is 4.08. The highest BCUT2D eigenvalue weighted by Crippen LogP contribution is 2.34. The molecule has 2 atom stereocenters. The Hall–Kier alpha value is -1.44. The maximum absolute atomic E-state index is 13.3. The van der Waals surface area contributed by atoms with Crippen LogP contribution in [0, 0.1) is 11.8 Å². The van der Waals surface area contributed by atoms with E-state index in [-0.39, 0.29) is 42.9 Å². The second-order valence-corrected chi connectivity index (χ2v) is 7.84. The van der Waals surface area contributed by atoms with Crippen molar-refractivity contribution >= 4 is 12.0 Å². The number of rotatable bonds is 6. The Labute approximate surface area is 160 Å². The van der Waals surface area contributed by atoms with E-state index in [9.17, 15) is 18.4 Å². The number of ether oxygens (including phenoxy) is 1. The molecule has 0 unspecified atom stereocenters. The van der Waals surface area contributed by atoms with E-state index in [0.29, 0.717) is 13.1 Å². The lowest BCUT2D eigenvalue weighted by Crippen LogP contribution is -2.49. The van der Waals surface area contributed by atoms with Gasteiger partial charge in [-0.05, 0) is 51.4 Å². The van der Waals surface area contributed by atoms with Gasteiger partial charge in [-0.15, -0.1) is 0 Å². The van der Waals surface area contributed by atoms with Gasteiger partial charge in [0.15, 0.2) is 0 Å². The molecule has 1 saturated heterocycles. The molecule has 2 fully saturated rings. The van der Waals surface area contributed by atoms with Crippen LogP contribution in [0.2, 0.25) is 0 Å². The predicted molar refractivity (Wildman–Crippen MR) is 98.4 cm³/mol. The van der Waals surface area contributed by atoms with Gasteiger partial charge in [-0.1, -0.05) is 6.92 Å². The molecule has 0 bridgehead atoms. The van der Waals surface area contributed by atoms with Gasteiger partial charge in [-0.3, -0.25) is 4.79 Å². The lowest BCUT2D eigenvalue weighted by molar-refractivity contribution is -0.134. The van der Waals surface area contributed by atoms with Crippen molar-refractivity contribution in [2.75, 3.05) is 26.2 Å². The van der Waals surface area contributed by atoms with Crippen LogP contribution in [0.4, 0.5) is 13.6 Å². The first kappa shape index (κ1) is 21.9. The van der Waals surface area contributed by atoms with E-state index in [1.807, 2.05) is 20.8 Å². The standard InChI is InChI=1S/C19H33F2N3O3/c1-4-23(5-2)18(26)27-15-8-6-14(7-9-15)13(3)16(22)17(25)24-11-10-19(20,21)12-24/h13-16H,4-12,22H2,1-3H3/t13-,14?,15?,16-/m0/s1. The van der Waals surface area contributed by atoms with Crippen molar-refractivity contribution in [1.82, 2.24) is 9.80 Å². The Kier molecular flexibility index (Phi) is 7.42. The lowest BCUT2D eigenvalue weighted by Gasteiger charge is -2.35. The monoisotopic (exact) mass is 389 g/mol. The van der Waals surface area contributed by atoms with Crippen LogP contribution in [0.5, 0.6) is 0 Å². The van der Waals surface area contributed by atoms with Crippen molar-refractivity contribution in [3.05, 3.63) is 0 Å². The second-order valence-electron chi connectivity index (χ2n) is 7.84. The molecule has 0 aromatic carbocycles. The third-order valence-corrected chi connectivity index (χ3v) is 6.08. The molecule has 6 nitrogen and oxygen atoms in total. The summed E-state index contributed by atoms with van der Waals surface area (Å²) >= 11 is 0. The smallest absolute Gasteiger partial charge is 0.410 e. The minimum atomic E-state index is -2.80. The van der Waals surface area contributed by atoms with Gasteiger partial charge in [-0.2, -0.15) is 0 Å². The van der Waals surface area contributed by atoms with Crippen molar-refractivity contribution in [2.45, 2.75) is 70.9 Å². The van der Waals surface area contributed by atoms with E-state index in [1.165, 1.54) is 4.90 Å². The van der Waals surface area contributed by atoms with E-state index in [4.69, 9.17) is 10.5 Å². The summed E-state index contributed by atoms with van der Waals surface area (Å²) in [6, 6.07) is -0.765. The molecular weight excluding hydrogens is 356 g/mol. The number of hydrogen-bond donors (Lipinski definition) is 1. The Bertz CT molecular complexity index is 520. The first-order valence-electron chi connectivity index (χ1n) is 10.1. The zero-order valence-electron chi connectivity index (χ0n) is 16.6.